The molecule has 5 heteroatoms. The van der Waals surface area contributed by atoms with E-state index >= 15 is 0 Å². The van der Waals surface area contributed by atoms with Crippen LogP contribution >= 0.6 is 0 Å². The summed E-state index contributed by atoms with van der Waals surface area (Å²) in [5.41, 5.74) is 0. The van der Waals surface area contributed by atoms with E-state index in [1.54, 1.807) is 0 Å². The van der Waals surface area contributed by atoms with Gasteiger partial charge in [-0.1, -0.05) is 6.92 Å². The molecule has 1 N–H and O–H groups in total. The van der Waals surface area contributed by atoms with Crippen molar-refractivity contribution in [2.24, 2.45) is 0 Å². The molecule has 0 aliphatic carbocycles. The zero-order chi connectivity index (χ0) is 14.3. The molecule has 0 bridgehead atoms. The van der Waals surface area contributed by atoms with E-state index in [0.29, 0.717) is 32.5 Å². The summed E-state index contributed by atoms with van der Waals surface area (Å²) in [5, 5.41) is 3.20. The van der Waals surface area contributed by atoms with E-state index in [-0.39, 0.29) is 1.43 Å². The van der Waals surface area contributed by atoms with E-state index < -0.39 is 0 Å². The van der Waals surface area contributed by atoms with Gasteiger partial charge in [0.25, 0.3) is 0 Å². The van der Waals surface area contributed by atoms with Gasteiger partial charge in [-0.05, 0) is 27.4 Å². The second kappa shape index (κ2) is 14.2. The Kier molecular flexibility index (Phi) is 14.1. The molecule has 0 unspecified atom stereocenters. The Morgan fingerprint density at radius 3 is 2.00 bits per heavy atom. The zero-order valence-corrected chi connectivity index (χ0v) is 13.1. The minimum absolute atomic E-state index is 0. The van der Waals surface area contributed by atoms with E-state index in [1.807, 2.05) is 0 Å². The first-order valence-corrected chi connectivity index (χ1v) is 7.32. The average Bonchev–Trinajstić information content (AvgIpc) is 2.39. The Bertz CT molecular complexity index is 186. The molecule has 0 fully saturated rings. The lowest BCUT2D eigenvalue weighted by Crippen LogP contribution is -2.30. The van der Waals surface area contributed by atoms with Crippen molar-refractivity contribution in [1.29, 1.82) is 0 Å². The first-order valence-electron chi connectivity index (χ1n) is 7.32. The van der Waals surface area contributed by atoms with Crippen LogP contribution in [0.15, 0.2) is 0 Å². The van der Waals surface area contributed by atoms with Crippen LogP contribution in [0.25, 0.3) is 0 Å². The molecule has 0 aromatic heterocycles. The highest BCUT2D eigenvalue weighted by molar-refractivity contribution is 4.55. The van der Waals surface area contributed by atoms with E-state index in [9.17, 15) is 0 Å². The van der Waals surface area contributed by atoms with Gasteiger partial charge in [0.15, 0.2) is 0 Å². The van der Waals surface area contributed by atoms with Gasteiger partial charge in [0.2, 0.25) is 0 Å². The summed E-state index contributed by atoms with van der Waals surface area (Å²) in [7, 11) is 2.11. The van der Waals surface area contributed by atoms with Crippen LogP contribution in [-0.4, -0.2) is 77.3 Å². The summed E-state index contributed by atoms with van der Waals surface area (Å²) in [4.78, 5) is 2.26. The number of rotatable bonds is 14. The van der Waals surface area contributed by atoms with Crippen molar-refractivity contribution < 1.29 is 15.6 Å². The predicted octanol–water partition coefficient (Wildman–Crippen LogP) is 1.23. The Balaban J connectivity index is 0. The highest BCUT2D eigenvalue weighted by Gasteiger charge is 2.01. The van der Waals surface area contributed by atoms with Crippen molar-refractivity contribution >= 4 is 0 Å². The van der Waals surface area contributed by atoms with Crippen molar-refractivity contribution in [1.82, 2.24) is 10.2 Å². The largest absolute Gasteiger partial charge is 0.378 e. The first-order chi connectivity index (χ1) is 9.18. The second-order valence-corrected chi connectivity index (χ2v) is 4.77. The SMILES string of the molecule is CCNCCOCCOCCOCCN(C)C(C)C.[HH]. The fraction of sp³-hybridized carbons (Fsp3) is 1.00. The molecular weight excluding hydrogens is 244 g/mol. The number of hydrogen-bond donors (Lipinski definition) is 1. The van der Waals surface area contributed by atoms with Gasteiger partial charge in [0.05, 0.1) is 39.6 Å². The molecule has 0 spiro atoms. The number of hydrogen-bond acceptors (Lipinski definition) is 5. The minimum Gasteiger partial charge on any atom is -0.378 e. The third-order valence-corrected chi connectivity index (χ3v) is 2.89. The molecule has 0 aromatic carbocycles. The maximum atomic E-state index is 5.50. The summed E-state index contributed by atoms with van der Waals surface area (Å²) in [6, 6.07) is 0.569. The molecule has 0 aliphatic rings. The van der Waals surface area contributed by atoms with Crippen molar-refractivity contribution in [3.63, 3.8) is 0 Å². The molecule has 5 nitrogen and oxygen atoms in total. The summed E-state index contributed by atoms with van der Waals surface area (Å²) in [5.74, 6) is 0. The highest BCUT2D eigenvalue weighted by Crippen LogP contribution is 1.92. The lowest BCUT2D eigenvalue weighted by molar-refractivity contribution is 0.0111. The maximum absolute atomic E-state index is 5.50. The summed E-state index contributed by atoms with van der Waals surface area (Å²) >= 11 is 0. The van der Waals surface area contributed by atoms with E-state index in [2.05, 4.69) is 38.0 Å². The zero-order valence-electron chi connectivity index (χ0n) is 13.1. The first kappa shape index (κ1) is 18.8. The molecule has 0 atom stereocenters. The predicted molar refractivity (Wildman–Crippen MR) is 80.9 cm³/mol. The quantitative estimate of drug-likeness (QED) is 0.484. The molecular formula is C14H34N2O3. The molecule has 0 saturated carbocycles. The molecule has 19 heavy (non-hydrogen) atoms. The van der Waals surface area contributed by atoms with E-state index in [0.717, 1.165) is 32.8 Å². The number of ether oxygens (including phenoxy) is 3. The second-order valence-electron chi connectivity index (χ2n) is 4.77. The fourth-order valence-electron chi connectivity index (χ4n) is 1.33. The molecule has 0 rings (SSSR count). The van der Waals surface area contributed by atoms with Crippen LogP contribution in [0.1, 0.15) is 22.2 Å². The lowest BCUT2D eigenvalue weighted by atomic mass is 10.3. The minimum atomic E-state index is 0. The van der Waals surface area contributed by atoms with Gasteiger partial charge in [-0.25, -0.2) is 0 Å². The number of nitrogens with zero attached hydrogens (tertiary/aromatic N) is 1. The van der Waals surface area contributed by atoms with Crippen LogP contribution in [0, 0.1) is 0 Å². The van der Waals surface area contributed by atoms with Crippen molar-refractivity contribution in [3.8, 4) is 0 Å². The molecule has 0 heterocycles. The van der Waals surface area contributed by atoms with Crippen LogP contribution < -0.4 is 5.32 Å². The third kappa shape index (κ3) is 14.0. The summed E-state index contributed by atoms with van der Waals surface area (Å²) in [6.07, 6.45) is 0. The Hall–Kier alpha value is -0.200. The molecule has 118 valence electrons. The van der Waals surface area contributed by atoms with Crippen LogP contribution in [0.4, 0.5) is 0 Å². The van der Waals surface area contributed by atoms with Crippen LogP contribution in [0.5, 0.6) is 0 Å². The van der Waals surface area contributed by atoms with E-state index in [1.165, 1.54) is 0 Å². The number of likely N-dealkylation sites (N-methyl/N-ethyl adjacent to an activating group) is 2. The van der Waals surface area contributed by atoms with Gasteiger partial charge in [0.1, 0.15) is 0 Å². The molecule has 0 radical (unpaired) electrons. The Labute approximate surface area is 120 Å². The van der Waals surface area contributed by atoms with Crippen molar-refractivity contribution in [3.05, 3.63) is 0 Å². The average molecular weight is 278 g/mol. The fourth-order valence-corrected chi connectivity index (χ4v) is 1.33. The van der Waals surface area contributed by atoms with Gasteiger partial charge in [-0.15, -0.1) is 0 Å². The monoisotopic (exact) mass is 278 g/mol. The molecule has 0 saturated heterocycles. The Morgan fingerprint density at radius 2 is 1.47 bits per heavy atom. The van der Waals surface area contributed by atoms with Gasteiger partial charge < -0.3 is 24.4 Å². The van der Waals surface area contributed by atoms with Crippen LogP contribution in [0.2, 0.25) is 0 Å². The smallest absolute Gasteiger partial charge is 0.0701 e. The van der Waals surface area contributed by atoms with Crippen molar-refractivity contribution in [2.45, 2.75) is 26.8 Å². The maximum Gasteiger partial charge on any atom is 0.0701 e. The van der Waals surface area contributed by atoms with Gasteiger partial charge in [-0.2, -0.15) is 0 Å². The number of nitrogens with one attached hydrogen (secondary N) is 1. The normalized spacial score (nSPS) is 11.7. The standard InChI is InChI=1S/C14H32N2O3.H2/c1-5-15-6-8-17-10-12-19-13-11-18-9-7-16(4)14(2)3;/h14-15H,5-13H2,1-4H3;1H. The van der Waals surface area contributed by atoms with Gasteiger partial charge in [-0.3, -0.25) is 0 Å². The summed E-state index contributed by atoms with van der Waals surface area (Å²) < 4.78 is 16.3. The summed E-state index contributed by atoms with van der Waals surface area (Å²) in [6.45, 7) is 13.4. The lowest BCUT2D eigenvalue weighted by Gasteiger charge is -2.20. The molecule has 0 aromatic rings. The van der Waals surface area contributed by atoms with Crippen molar-refractivity contribution in [2.75, 3.05) is 66.3 Å². The third-order valence-electron chi connectivity index (χ3n) is 2.89. The van der Waals surface area contributed by atoms with Gasteiger partial charge in [0, 0.05) is 20.6 Å². The highest BCUT2D eigenvalue weighted by atomic mass is 16.5. The topological polar surface area (TPSA) is 43.0 Å². The van der Waals surface area contributed by atoms with Crippen LogP contribution in [-0.2, 0) is 14.2 Å². The van der Waals surface area contributed by atoms with E-state index in [4.69, 9.17) is 14.2 Å². The Morgan fingerprint density at radius 1 is 0.947 bits per heavy atom. The molecule has 0 amide bonds. The van der Waals surface area contributed by atoms with Gasteiger partial charge >= 0.3 is 0 Å². The molecule has 0 aliphatic heterocycles. The van der Waals surface area contributed by atoms with Crippen LogP contribution in [0.3, 0.4) is 0 Å².